The minimum Gasteiger partial charge on any atom is -0.314 e. The Balaban J connectivity index is 2.72. The van der Waals surface area contributed by atoms with Crippen LogP contribution in [0.4, 0.5) is 10.1 Å². The van der Waals surface area contributed by atoms with Gasteiger partial charge >= 0.3 is 5.69 Å². The van der Waals surface area contributed by atoms with Crippen molar-refractivity contribution >= 4 is 5.69 Å². The molecule has 0 amide bonds. The van der Waals surface area contributed by atoms with Gasteiger partial charge < -0.3 is 5.32 Å². The lowest BCUT2D eigenvalue weighted by atomic mass is 9.92. The lowest BCUT2D eigenvalue weighted by Crippen LogP contribution is -2.35. The van der Waals surface area contributed by atoms with Crippen LogP contribution in [0, 0.1) is 21.8 Å². The Morgan fingerprint density at radius 2 is 2.10 bits per heavy atom. The second-order valence-corrected chi connectivity index (χ2v) is 5.19. The maximum Gasteiger partial charge on any atom is 0.304 e. The van der Waals surface area contributed by atoms with Crippen LogP contribution in [0.1, 0.15) is 39.2 Å². The molecule has 2 atom stereocenters. The van der Waals surface area contributed by atoms with Crippen molar-refractivity contribution in [3.05, 3.63) is 39.7 Å². The van der Waals surface area contributed by atoms with Crippen LogP contribution < -0.4 is 5.32 Å². The van der Waals surface area contributed by atoms with E-state index in [1.807, 2.05) is 0 Å². The molecule has 1 rings (SSSR count). The van der Waals surface area contributed by atoms with Crippen molar-refractivity contribution in [3.8, 4) is 0 Å². The van der Waals surface area contributed by atoms with E-state index in [1.54, 1.807) is 6.07 Å². The lowest BCUT2D eigenvalue weighted by Gasteiger charge is -2.24. The first-order chi connectivity index (χ1) is 9.49. The third-order valence-electron chi connectivity index (χ3n) is 3.55. The largest absolute Gasteiger partial charge is 0.314 e. The molecule has 0 aliphatic heterocycles. The Bertz CT molecular complexity index is 451. The van der Waals surface area contributed by atoms with Crippen LogP contribution in [-0.2, 0) is 6.42 Å². The van der Waals surface area contributed by atoms with Gasteiger partial charge in [0.1, 0.15) is 0 Å². The molecular formula is C15H23FN2O2. The first-order valence-electron chi connectivity index (χ1n) is 7.15. The summed E-state index contributed by atoms with van der Waals surface area (Å²) in [7, 11) is 0. The van der Waals surface area contributed by atoms with Gasteiger partial charge in [-0.15, -0.1) is 0 Å². The van der Waals surface area contributed by atoms with Crippen molar-refractivity contribution < 1.29 is 9.31 Å². The first kappa shape index (κ1) is 16.6. The molecule has 1 N–H and O–H groups in total. The van der Waals surface area contributed by atoms with E-state index in [9.17, 15) is 14.5 Å². The maximum absolute atomic E-state index is 13.6. The quantitative estimate of drug-likeness (QED) is 0.584. The van der Waals surface area contributed by atoms with E-state index in [4.69, 9.17) is 0 Å². The fourth-order valence-corrected chi connectivity index (χ4v) is 2.42. The van der Waals surface area contributed by atoms with Crippen LogP contribution in [0.15, 0.2) is 18.2 Å². The molecule has 0 bridgehead atoms. The van der Waals surface area contributed by atoms with E-state index in [0.717, 1.165) is 24.9 Å². The Morgan fingerprint density at radius 1 is 1.40 bits per heavy atom. The standard InChI is InChI=1S/C15H23FN2O2/c1-4-8-17-14(5-2)11(3)9-12-6-7-15(18(19)20)13(16)10-12/h6-7,10-11,14,17H,4-5,8-9H2,1-3H3. The first-order valence-corrected chi connectivity index (χ1v) is 7.15. The highest BCUT2D eigenvalue weighted by Crippen LogP contribution is 2.21. The number of nitrogens with zero attached hydrogens (tertiary/aromatic N) is 1. The highest BCUT2D eigenvalue weighted by molar-refractivity contribution is 5.35. The number of hydrogen-bond acceptors (Lipinski definition) is 3. The predicted octanol–water partition coefficient (Wildman–Crippen LogP) is 3.69. The molecule has 0 fully saturated rings. The highest BCUT2D eigenvalue weighted by atomic mass is 19.1. The van der Waals surface area contributed by atoms with Gasteiger partial charge in [0, 0.05) is 12.1 Å². The van der Waals surface area contributed by atoms with Gasteiger partial charge in [-0.2, -0.15) is 4.39 Å². The zero-order valence-corrected chi connectivity index (χ0v) is 12.4. The number of nitrogens with one attached hydrogen (secondary N) is 1. The zero-order chi connectivity index (χ0) is 15.1. The van der Waals surface area contributed by atoms with Crippen LogP contribution in [-0.4, -0.2) is 17.5 Å². The average Bonchev–Trinajstić information content (AvgIpc) is 2.39. The summed E-state index contributed by atoms with van der Waals surface area (Å²) < 4.78 is 13.6. The van der Waals surface area contributed by atoms with Crippen molar-refractivity contribution in [1.82, 2.24) is 5.32 Å². The molecule has 4 nitrogen and oxygen atoms in total. The lowest BCUT2D eigenvalue weighted by molar-refractivity contribution is -0.387. The van der Waals surface area contributed by atoms with E-state index in [-0.39, 0.29) is 0 Å². The smallest absolute Gasteiger partial charge is 0.304 e. The second kappa shape index (κ2) is 7.94. The number of halogens is 1. The second-order valence-electron chi connectivity index (χ2n) is 5.19. The molecule has 0 aliphatic rings. The molecule has 0 aromatic heterocycles. The molecule has 0 saturated heterocycles. The molecule has 2 unspecified atom stereocenters. The summed E-state index contributed by atoms with van der Waals surface area (Å²) in [5.74, 6) is -0.401. The predicted molar refractivity (Wildman–Crippen MR) is 78.3 cm³/mol. The normalized spacial score (nSPS) is 14.0. The van der Waals surface area contributed by atoms with E-state index in [2.05, 4.69) is 26.1 Å². The summed E-state index contributed by atoms with van der Waals surface area (Å²) in [5.41, 5.74) is 0.343. The van der Waals surface area contributed by atoms with Crippen molar-refractivity contribution in [2.75, 3.05) is 6.54 Å². The summed E-state index contributed by atoms with van der Waals surface area (Å²) in [6.07, 6.45) is 2.80. The number of nitro groups is 1. The fraction of sp³-hybridized carbons (Fsp3) is 0.600. The molecule has 112 valence electrons. The zero-order valence-electron chi connectivity index (χ0n) is 12.4. The van der Waals surface area contributed by atoms with Crippen LogP contribution in [0.5, 0.6) is 0 Å². The SMILES string of the molecule is CCCNC(CC)C(C)Cc1ccc([N+](=O)[O-])c(F)c1. The monoisotopic (exact) mass is 282 g/mol. The summed E-state index contributed by atoms with van der Waals surface area (Å²) in [6, 6.07) is 4.55. The topological polar surface area (TPSA) is 55.2 Å². The van der Waals surface area contributed by atoms with Gasteiger partial charge in [-0.25, -0.2) is 0 Å². The van der Waals surface area contributed by atoms with Gasteiger partial charge in [-0.05, 0) is 43.4 Å². The van der Waals surface area contributed by atoms with Gasteiger partial charge in [-0.3, -0.25) is 10.1 Å². The van der Waals surface area contributed by atoms with E-state index < -0.39 is 16.4 Å². The van der Waals surface area contributed by atoms with Gasteiger partial charge in [0.2, 0.25) is 5.82 Å². The van der Waals surface area contributed by atoms with Gasteiger partial charge in [0.15, 0.2) is 0 Å². The molecule has 0 saturated carbocycles. The summed E-state index contributed by atoms with van der Waals surface area (Å²) in [4.78, 5) is 9.89. The minimum atomic E-state index is -0.755. The van der Waals surface area contributed by atoms with Crippen LogP contribution in [0.2, 0.25) is 0 Å². The van der Waals surface area contributed by atoms with E-state index in [1.165, 1.54) is 12.1 Å². The Labute approximate surface area is 119 Å². The maximum atomic E-state index is 13.6. The van der Waals surface area contributed by atoms with E-state index >= 15 is 0 Å². The van der Waals surface area contributed by atoms with Crippen LogP contribution >= 0.6 is 0 Å². The number of benzene rings is 1. The third-order valence-corrected chi connectivity index (χ3v) is 3.55. The molecule has 5 heteroatoms. The number of rotatable bonds is 8. The molecule has 1 aromatic rings. The average molecular weight is 282 g/mol. The minimum absolute atomic E-state index is 0.354. The molecule has 0 heterocycles. The number of nitro benzene ring substituents is 1. The Morgan fingerprint density at radius 3 is 2.60 bits per heavy atom. The summed E-state index contributed by atoms with van der Waals surface area (Å²) in [5, 5.41) is 14.1. The highest BCUT2D eigenvalue weighted by Gasteiger charge is 2.18. The Kier molecular flexibility index (Phi) is 6.58. The summed E-state index contributed by atoms with van der Waals surface area (Å²) >= 11 is 0. The molecule has 0 aliphatic carbocycles. The van der Waals surface area contributed by atoms with Crippen molar-refractivity contribution in [1.29, 1.82) is 0 Å². The summed E-state index contributed by atoms with van der Waals surface area (Å²) in [6.45, 7) is 7.34. The molecule has 20 heavy (non-hydrogen) atoms. The van der Waals surface area contributed by atoms with Crippen molar-refractivity contribution in [2.24, 2.45) is 5.92 Å². The van der Waals surface area contributed by atoms with Crippen molar-refractivity contribution in [3.63, 3.8) is 0 Å². The van der Waals surface area contributed by atoms with Gasteiger partial charge in [0.05, 0.1) is 4.92 Å². The third kappa shape index (κ3) is 4.56. The van der Waals surface area contributed by atoms with Crippen LogP contribution in [0.25, 0.3) is 0 Å². The molecule has 0 radical (unpaired) electrons. The molecule has 1 aromatic carbocycles. The Hall–Kier alpha value is -1.49. The van der Waals surface area contributed by atoms with Crippen LogP contribution in [0.3, 0.4) is 0 Å². The fourth-order valence-electron chi connectivity index (χ4n) is 2.42. The van der Waals surface area contributed by atoms with E-state index in [0.29, 0.717) is 18.4 Å². The molecule has 0 spiro atoms. The van der Waals surface area contributed by atoms with Gasteiger partial charge in [0.25, 0.3) is 0 Å². The van der Waals surface area contributed by atoms with Crippen molar-refractivity contribution in [2.45, 2.75) is 46.1 Å². The number of hydrogen-bond donors (Lipinski definition) is 1. The molecular weight excluding hydrogens is 259 g/mol. The van der Waals surface area contributed by atoms with Gasteiger partial charge in [-0.1, -0.05) is 26.8 Å².